The molecule has 34 heavy (non-hydrogen) atoms. The molecule has 2 aromatic rings. The summed E-state index contributed by atoms with van der Waals surface area (Å²) >= 11 is 5.76. The molecule has 14 heteroatoms. The third-order valence-corrected chi connectivity index (χ3v) is 6.74. The van der Waals surface area contributed by atoms with Gasteiger partial charge in [0.2, 0.25) is 5.92 Å². The van der Waals surface area contributed by atoms with E-state index in [0.29, 0.717) is 6.07 Å². The predicted molar refractivity (Wildman–Crippen MR) is 113 cm³/mol. The second-order valence-corrected chi connectivity index (χ2v) is 9.78. The number of carbonyl (C=O) groups is 1. The summed E-state index contributed by atoms with van der Waals surface area (Å²) in [6.07, 6.45) is -5.81. The average molecular weight is 528 g/mol. The van der Waals surface area contributed by atoms with Crippen molar-refractivity contribution in [2.24, 2.45) is 0 Å². The van der Waals surface area contributed by atoms with E-state index in [1.54, 1.807) is 0 Å². The predicted octanol–water partition coefficient (Wildman–Crippen LogP) is 4.87. The van der Waals surface area contributed by atoms with E-state index in [4.69, 9.17) is 16.3 Å². The quantitative estimate of drug-likeness (QED) is 0.522. The van der Waals surface area contributed by atoms with Crippen LogP contribution < -0.4 is 14.8 Å². The van der Waals surface area contributed by atoms with Crippen molar-refractivity contribution in [1.29, 1.82) is 0 Å². The van der Waals surface area contributed by atoms with Gasteiger partial charge >= 0.3 is 6.18 Å². The number of aromatic nitrogens is 1. The highest BCUT2D eigenvalue weighted by atomic mass is 35.5. The second kappa shape index (κ2) is 9.62. The van der Waals surface area contributed by atoms with Gasteiger partial charge in [-0.2, -0.15) is 13.2 Å². The second-order valence-electron chi connectivity index (χ2n) is 7.54. The lowest BCUT2D eigenvalue weighted by Gasteiger charge is -2.29. The van der Waals surface area contributed by atoms with Gasteiger partial charge in [0, 0.05) is 30.8 Å². The van der Waals surface area contributed by atoms with E-state index >= 15 is 0 Å². The fourth-order valence-electron chi connectivity index (χ4n) is 3.29. The third-order valence-electron chi connectivity index (χ3n) is 5.11. The number of ether oxygens (including phenoxy) is 1. The molecule has 0 saturated heterocycles. The molecular formula is C20H19ClF5N3O4S. The summed E-state index contributed by atoms with van der Waals surface area (Å²) in [5.41, 5.74) is -1.66. The van der Waals surface area contributed by atoms with Crippen LogP contribution in [0.3, 0.4) is 0 Å². The zero-order chi connectivity index (χ0) is 25.3. The van der Waals surface area contributed by atoms with Crippen molar-refractivity contribution in [2.75, 3.05) is 12.4 Å². The zero-order valence-electron chi connectivity index (χ0n) is 17.5. The Hall–Kier alpha value is -2.51. The van der Waals surface area contributed by atoms with E-state index in [-0.39, 0.29) is 24.1 Å². The Morgan fingerprint density at radius 3 is 2.44 bits per heavy atom. The lowest BCUT2D eigenvalue weighted by atomic mass is 9.94. The molecule has 1 heterocycles. The van der Waals surface area contributed by atoms with Gasteiger partial charge in [0.1, 0.15) is 5.75 Å². The van der Waals surface area contributed by atoms with Crippen molar-refractivity contribution in [3.8, 4) is 5.75 Å². The SMILES string of the molecule is CNS(=O)(=O)c1cc(NC(=O)c2cc(Cl)c(C(F)(F)F)cc2OC2CCC(F)(F)CC2)ccn1. The topological polar surface area (TPSA) is 97.4 Å². The summed E-state index contributed by atoms with van der Waals surface area (Å²) in [6.45, 7) is 0. The van der Waals surface area contributed by atoms with E-state index in [1.807, 2.05) is 0 Å². The largest absolute Gasteiger partial charge is 0.490 e. The summed E-state index contributed by atoms with van der Waals surface area (Å²) in [6, 6.07) is 3.62. The molecule has 0 radical (unpaired) electrons. The van der Waals surface area contributed by atoms with Crippen LogP contribution in [-0.2, 0) is 16.2 Å². The molecule has 186 valence electrons. The fraction of sp³-hybridized carbons (Fsp3) is 0.400. The van der Waals surface area contributed by atoms with Gasteiger partial charge in [0.05, 0.1) is 22.3 Å². The number of benzene rings is 1. The Bertz CT molecular complexity index is 1180. The first-order valence-electron chi connectivity index (χ1n) is 9.88. The normalized spacial score (nSPS) is 16.8. The first kappa shape index (κ1) is 26.1. The minimum absolute atomic E-state index is 0.0203. The first-order chi connectivity index (χ1) is 15.7. The minimum atomic E-state index is -4.86. The number of carbonyl (C=O) groups excluding carboxylic acids is 1. The Labute approximate surface area is 196 Å². The molecule has 3 rings (SSSR count). The number of amides is 1. The summed E-state index contributed by atoms with van der Waals surface area (Å²) in [4.78, 5) is 16.6. The van der Waals surface area contributed by atoms with Crippen molar-refractivity contribution in [2.45, 2.75) is 48.9 Å². The summed E-state index contributed by atoms with van der Waals surface area (Å²) in [5, 5.41) is 1.19. The van der Waals surface area contributed by atoms with Crippen LogP contribution in [0, 0.1) is 0 Å². The van der Waals surface area contributed by atoms with Crippen LogP contribution in [0.1, 0.15) is 41.6 Å². The van der Waals surface area contributed by atoms with Crippen molar-refractivity contribution >= 4 is 33.2 Å². The maximum absolute atomic E-state index is 13.4. The number of pyridine rings is 1. The van der Waals surface area contributed by atoms with Crippen molar-refractivity contribution in [3.05, 3.63) is 46.6 Å². The Morgan fingerprint density at radius 2 is 1.85 bits per heavy atom. The molecule has 0 bridgehead atoms. The molecule has 1 aliphatic rings. The van der Waals surface area contributed by atoms with Gasteiger partial charge in [-0.25, -0.2) is 26.9 Å². The first-order valence-corrected chi connectivity index (χ1v) is 11.7. The lowest BCUT2D eigenvalue weighted by molar-refractivity contribution is -0.137. The number of hydrogen-bond donors (Lipinski definition) is 2. The summed E-state index contributed by atoms with van der Waals surface area (Å²) in [7, 11) is -2.77. The molecule has 0 unspecified atom stereocenters. The van der Waals surface area contributed by atoms with Crippen LogP contribution in [-0.4, -0.2) is 38.4 Å². The van der Waals surface area contributed by atoms with E-state index in [1.165, 1.54) is 6.07 Å². The smallest absolute Gasteiger partial charge is 0.417 e. The van der Waals surface area contributed by atoms with Crippen molar-refractivity contribution in [1.82, 2.24) is 9.71 Å². The maximum Gasteiger partial charge on any atom is 0.417 e. The van der Waals surface area contributed by atoms with Crippen molar-refractivity contribution < 1.29 is 39.9 Å². The van der Waals surface area contributed by atoms with Gasteiger partial charge in [-0.1, -0.05) is 11.6 Å². The number of hydrogen-bond acceptors (Lipinski definition) is 5. The molecule has 1 saturated carbocycles. The number of nitrogens with zero attached hydrogens (tertiary/aromatic N) is 1. The molecule has 1 fully saturated rings. The van der Waals surface area contributed by atoms with E-state index in [2.05, 4.69) is 15.0 Å². The van der Waals surface area contributed by atoms with E-state index < -0.39 is 68.3 Å². The number of nitrogens with one attached hydrogen (secondary N) is 2. The Kier molecular flexibility index (Phi) is 7.39. The lowest BCUT2D eigenvalue weighted by Crippen LogP contribution is -2.31. The molecule has 7 nitrogen and oxygen atoms in total. The van der Waals surface area contributed by atoms with Crippen LogP contribution in [0.15, 0.2) is 35.5 Å². The number of sulfonamides is 1. The highest BCUT2D eigenvalue weighted by molar-refractivity contribution is 7.89. The molecule has 2 N–H and O–H groups in total. The van der Waals surface area contributed by atoms with Crippen LogP contribution >= 0.6 is 11.6 Å². The number of alkyl halides is 5. The minimum Gasteiger partial charge on any atom is -0.490 e. The number of halogens is 6. The monoisotopic (exact) mass is 527 g/mol. The van der Waals surface area contributed by atoms with Crippen LogP contribution in [0.2, 0.25) is 5.02 Å². The van der Waals surface area contributed by atoms with Crippen LogP contribution in [0.4, 0.5) is 27.6 Å². The van der Waals surface area contributed by atoms with Gasteiger partial charge in [-0.3, -0.25) is 4.79 Å². The fourth-order valence-corrected chi connectivity index (χ4v) is 4.26. The molecule has 1 aromatic carbocycles. The number of rotatable bonds is 6. The highest BCUT2D eigenvalue weighted by Gasteiger charge is 2.38. The van der Waals surface area contributed by atoms with Gasteiger partial charge in [-0.05, 0) is 38.1 Å². The van der Waals surface area contributed by atoms with Gasteiger partial charge < -0.3 is 10.1 Å². The van der Waals surface area contributed by atoms with E-state index in [0.717, 1.165) is 25.4 Å². The molecule has 1 amide bonds. The Balaban J connectivity index is 1.94. The molecular weight excluding hydrogens is 509 g/mol. The van der Waals surface area contributed by atoms with Gasteiger partial charge in [0.15, 0.2) is 5.03 Å². The van der Waals surface area contributed by atoms with Gasteiger partial charge in [-0.15, -0.1) is 0 Å². The third kappa shape index (κ3) is 6.13. The molecule has 1 aliphatic carbocycles. The van der Waals surface area contributed by atoms with Gasteiger partial charge in [0.25, 0.3) is 15.9 Å². The Morgan fingerprint density at radius 1 is 1.21 bits per heavy atom. The highest BCUT2D eigenvalue weighted by Crippen LogP contribution is 2.41. The maximum atomic E-state index is 13.4. The van der Waals surface area contributed by atoms with Crippen LogP contribution in [0.5, 0.6) is 5.75 Å². The average Bonchev–Trinajstić information content (AvgIpc) is 2.75. The standard InChI is InChI=1S/C20H19ClF5N3O4S/c1-27-34(31,32)17-8-11(4-7-28-17)29-18(30)13-9-15(21)14(20(24,25)26)10-16(13)33-12-2-5-19(22,23)6-3-12/h4,7-10,12,27H,2-3,5-6H2,1H3,(H,28,29,30). The van der Waals surface area contributed by atoms with Crippen molar-refractivity contribution in [3.63, 3.8) is 0 Å². The molecule has 0 atom stereocenters. The zero-order valence-corrected chi connectivity index (χ0v) is 19.1. The number of anilines is 1. The summed E-state index contributed by atoms with van der Waals surface area (Å²) < 4.78 is 98.5. The molecule has 0 aliphatic heterocycles. The van der Waals surface area contributed by atoms with Crippen LogP contribution in [0.25, 0.3) is 0 Å². The molecule has 1 aromatic heterocycles. The van der Waals surface area contributed by atoms with E-state index in [9.17, 15) is 35.2 Å². The molecule has 0 spiro atoms. The summed E-state index contributed by atoms with van der Waals surface area (Å²) in [5.74, 6) is -4.32.